The van der Waals surface area contributed by atoms with Gasteiger partial charge in [0.25, 0.3) is 0 Å². The van der Waals surface area contributed by atoms with Gasteiger partial charge in [-0.2, -0.15) is 0 Å². The maximum absolute atomic E-state index is 5.60. The summed E-state index contributed by atoms with van der Waals surface area (Å²) in [7, 11) is 0. The number of halogens is 1. The lowest BCUT2D eigenvalue weighted by molar-refractivity contribution is 0.369. The van der Waals surface area contributed by atoms with Crippen LogP contribution in [-0.4, -0.2) is 0 Å². The highest BCUT2D eigenvalue weighted by Crippen LogP contribution is 2.28. The summed E-state index contributed by atoms with van der Waals surface area (Å²) in [5.74, 6) is 6.19. The maximum Gasteiger partial charge on any atom is 0.0656 e. The van der Waals surface area contributed by atoms with E-state index in [9.17, 15) is 0 Å². The lowest BCUT2D eigenvalue weighted by Crippen LogP contribution is -2.32. The number of nitrogens with two attached hydrogens (primary N) is 1. The van der Waals surface area contributed by atoms with Crippen molar-refractivity contribution in [3.8, 4) is 0 Å². The van der Waals surface area contributed by atoms with Crippen LogP contribution in [0.2, 0.25) is 0 Å². The molecule has 0 radical (unpaired) electrons. The van der Waals surface area contributed by atoms with Gasteiger partial charge < -0.3 is 0 Å². The van der Waals surface area contributed by atoms with Gasteiger partial charge in [-0.3, -0.25) is 11.3 Å². The van der Waals surface area contributed by atoms with E-state index in [1.165, 1.54) is 21.3 Å². The molecule has 2 unspecified atom stereocenters. The minimum Gasteiger partial charge on any atom is -0.271 e. The van der Waals surface area contributed by atoms with E-state index in [2.05, 4.69) is 53.3 Å². The Morgan fingerprint density at radius 1 is 1.64 bits per heavy atom. The molecule has 1 aromatic rings. The van der Waals surface area contributed by atoms with E-state index in [0.29, 0.717) is 12.0 Å². The van der Waals surface area contributed by atoms with Crippen LogP contribution in [0.5, 0.6) is 0 Å². The molecule has 0 saturated heterocycles. The summed E-state index contributed by atoms with van der Waals surface area (Å²) in [6.45, 7) is 4.46. The van der Waals surface area contributed by atoms with Crippen LogP contribution in [0.1, 0.15) is 38.3 Å². The first-order valence-electron chi connectivity index (χ1n) is 4.89. The molecule has 0 bridgehead atoms. The van der Waals surface area contributed by atoms with E-state index < -0.39 is 0 Å². The van der Waals surface area contributed by atoms with Gasteiger partial charge in [-0.25, -0.2) is 0 Å². The predicted molar refractivity (Wildman–Crippen MR) is 71.2 cm³/mol. The number of hydrogen-bond donors (Lipinski definition) is 2. The highest BCUT2D eigenvalue weighted by atomic mass is 127. The number of rotatable bonds is 5. The highest BCUT2D eigenvalue weighted by Gasteiger charge is 2.18. The summed E-state index contributed by atoms with van der Waals surface area (Å²) in [5.41, 5.74) is 4.24. The zero-order valence-electron chi connectivity index (χ0n) is 8.59. The van der Waals surface area contributed by atoms with E-state index in [1.54, 1.807) is 11.3 Å². The standard InChI is InChI=1S/C10H17IN2S/c1-3-4-7(2)10(13-12)8-5-9(11)14-6-8/h5-7,10,13H,3-4,12H2,1-2H3. The van der Waals surface area contributed by atoms with E-state index >= 15 is 0 Å². The summed E-state index contributed by atoms with van der Waals surface area (Å²) >= 11 is 4.12. The first-order chi connectivity index (χ1) is 6.69. The molecular weight excluding hydrogens is 307 g/mol. The second-order valence-electron chi connectivity index (χ2n) is 3.59. The van der Waals surface area contributed by atoms with Crippen LogP contribution in [-0.2, 0) is 0 Å². The Morgan fingerprint density at radius 3 is 2.79 bits per heavy atom. The lowest BCUT2D eigenvalue weighted by Gasteiger charge is -2.21. The van der Waals surface area contributed by atoms with E-state index in [-0.39, 0.29) is 0 Å². The molecular formula is C10H17IN2S. The fraction of sp³-hybridized carbons (Fsp3) is 0.600. The minimum absolute atomic E-state index is 0.301. The van der Waals surface area contributed by atoms with E-state index in [4.69, 9.17) is 5.84 Å². The number of hydrogen-bond acceptors (Lipinski definition) is 3. The van der Waals surface area contributed by atoms with Gasteiger partial charge >= 0.3 is 0 Å². The lowest BCUT2D eigenvalue weighted by atomic mass is 9.93. The molecule has 0 aliphatic heterocycles. The molecule has 4 heteroatoms. The Kier molecular flexibility index (Phi) is 5.36. The molecule has 80 valence electrons. The summed E-state index contributed by atoms with van der Waals surface area (Å²) in [5, 5.41) is 2.19. The third kappa shape index (κ3) is 3.18. The van der Waals surface area contributed by atoms with Crippen LogP contribution in [0.25, 0.3) is 0 Å². The quantitative estimate of drug-likeness (QED) is 0.495. The number of nitrogens with one attached hydrogen (secondary N) is 1. The van der Waals surface area contributed by atoms with Crippen LogP contribution < -0.4 is 11.3 Å². The Labute approximate surface area is 103 Å². The molecule has 1 aromatic heterocycles. The molecule has 14 heavy (non-hydrogen) atoms. The second kappa shape index (κ2) is 6.05. The van der Waals surface area contributed by atoms with Crippen molar-refractivity contribution in [2.24, 2.45) is 11.8 Å². The maximum atomic E-state index is 5.60. The Morgan fingerprint density at radius 2 is 2.36 bits per heavy atom. The van der Waals surface area contributed by atoms with Crippen molar-refractivity contribution in [1.29, 1.82) is 0 Å². The number of thiophene rings is 1. The average Bonchev–Trinajstić information content (AvgIpc) is 2.54. The molecule has 1 rings (SSSR count). The normalized spacial score (nSPS) is 15.4. The molecule has 1 heterocycles. The molecule has 3 N–H and O–H groups in total. The Balaban J connectivity index is 2.71. The molecule has 0 amide bonds. The summed E-state index contributed by atoms with van der Waals surface area (Å²) in [6.07, 6.45) is 2.42. The van der Waals surface area contributed by atoms with Gasteiger partial charge in [0.05, 0.1) is 2.88 Å². The summed E-state index contributed by atoms with van der Waals surface area (Å²) < 4.78 is 1.32. The molecule has 0 saturated carbocycles. The zero-order chi connectivity index (χ0) is 10.6. The van der Waals surface area contributed by atoms with Gasteiger partial charge in [0.15, 0.2) is 0 Å². The zero-order valence-corrected chi connectivity index (χ0v) is 11.6. The van der Waals surface area contributed by atoms with Crippen molar-refractivity contribution in [1.82, 2.24) is 5.43 Å². The van der Waals surface area contributed by atoms with Crippen LogP contribution in [0, 0.1) is 8.80 Å². The fourth-order valence-corrected chi connectivity index (χ4v) is 3.11. The van der Waals surface area contributed by atoms with Crippen LogP contribution in [0.3, 0.4) is 0 Å². The SMILES string of the molecule is CCCC(C)C(NN)c1csc(I)c1. The second-order valence-corrected chi connectivity index (χ2v) is 6.40. The van der Waals surface area contributed by atoms with Crippen LogP contribution in [0.15, 0.2) is 11.4 Å². The van der Waals surface area contributed by atoms with Crippen LogP contribution >= 0.6 is 33.9 Å². The smallest absolute Gasteiger partial charge is 0.0656 e. The number of hydrazine groups is 1. The Hall–Kier alpha value is 0.350. The van der Waals surface area contributed by atoms with Crippen molar-refractivity contribution in [3.05, 3.63) is 19.9 Å². The van der Waals surface area contributed by atoms with E-state index in [1.807, 2.05) is 0 Å². The monoisotopic (exact) mass is 324 g/mol. The van der Waals surface area contributed by atoms with E-state index in [0.717, 1.165) is 0 Å². The van der Waals surface area contributed by atoms with Gasteiger partial charge in [-0.1, -0.05) is 20.3 Å². The van der Waals surface area contributed by atoms with Gasteiger partial charge in [0.2, 0.25) is 0 Å². The molecule has 0 aliphatic rings. The van der Waals surface area contributed by atoms with Crippen molar-refractivity contribution in [2.75, 3.05) is 0 Å². The van der Waals surface area contributed by atoms with Crippen molar-refractivity contribution in [2.45, 2.75) is 32.7 Å². The van der Waals surface area contributed by atoms with Crippen molar-refractivity contribution < 1.29 is 0 Å². The Bertz CT molecular complexity index is 275. The third-order valence-electron chi connectivity index (χ3n) is 2.44. The molecule has 0 aliphatic carbocycles. The van der Waals surface area contributed by atoms with Gasteiger partial charge in [-0.05, 0) is 51.9 Å². The summed E-state index contributed by atoms with van der Waals surface area (Å²) in [4.78, 5) is 0. The summed E-state index contributed by atoms with van der Waals surface area (Å²) in [6, 6.07) is 2.51. The fourth-order valence-electron chi connectivity index (χ4n) is 1.70. The molecule has 0 fully saturated rings. The predicted octanol–water partition coefficient (Wildman–Crippen LogP) is 3.29. The molecule has 0 aromatic carbocycles. The first-order valence-corrected chi connectivity index (χ1v) is 6.85. The molecule has 2 nitrogen and oxygen atoms in total. The highest BCUT2D eigenvalue weighted by molar-refractivity contribution is 14.1. The average molecular weight is 324 g/mol. The van der Waals surface area contributed by atoms with Gasteiger partial charge in [0, 0.05) is 6.04 Å². The molecule has 0 spiro atoms. The topological polar surface area (TPSA) is 38.0 Å². The van der Waals surface area contributed by atoms with Gasteiger partial charge in [-0.15, -0.1) is 11.3 Å². The first kappa shape index (κ1) is 12.4. The van der Waals surface area contributed by atoms with Crippen molar-refractivity contribution in [3.63, 3.8) is 0 Å². The third-order valence-corrected chi connectivity index (χ3v) is 4.25. The minimum atomic E-state index is 0.301. The van der Waals surface area contributed by atoms with Crippen LogP contribution in [0.4, 0.5) is 0 Å². The van der Waals surface area contributed by atoms with Crippen molar-refractivity contribution >= 4 is 33.9 Å². The molecule has 2 atom stereocenters. The van der Waals surface area contributed by atoms with Gasteiger partial charge in [0.1, 0.15) is 0 Å². The largest absolute Gasteiger partial charge is 0.271 e.